The van der Waals surface area contributed by atoms with Crippen molar-refractivity contribution in [3.8, 4) is 11.5 Å². The van der Waals surface area contributed by atoms with E-state index in [1.54, 1.807) is 6.07 Å². The largest absolute Gasteiger partial charge is 0.544 e. The number of aromatic carboxylic acids is 1. The molecule has 0 bridgehead atoms. The minimum Gasteiger partial charge on any atom is -0.544 e. The lowest BCUT2D eigenvalue weighted by Gasteiger charge is -2.19. The Hall–Kier alpha value is -1.49. The van der Waals surface area contributed by atoms with Crippen molar-refractivity contribution in [3.63, 3.8) is 0 Å². The Labute approximate surface area is 95.9 Å². The summed E-state index contributed by atoms with van der Waals surface area (Å²) in [4.78, 5) is 10.9. The number of rotatable bonds is 4. The summed E-state index contributed by atoms with van der Waals surface area (Å²) in [6, 6.07) is 4.69. The molecule has 0 atom stereocenters. The molecule has 1 rings (SSSR count). The van der Waals surface area contributed by atoms with Crippen LogP contribution in [0.5, 0.6) is 11.5 Å². The van der Waals surface area contributed by atoms with Gasteiger partial charge in [0.05, 0.1) is 12.7 Å². The normalized spacial score (nSPS) is 11.0. The molecule has 0 aliphatic heterocycles. The van der Waals surface area contributed by atoms with Gasteiger partial charge in [-0.15, -0.1) is 0 Å². The summed E-state index contributed by atoms with van der Waals surface area (Å²) < 4.78 is 10.8. The maximum absolute atomic E-state index is 10.9. The van der Waals surface area contributed by atoms with Crippen LogP contribution in [0.2, 0.25) is 19.6 Å². The zero-order valence-electron chi connectivity index (χ0n) is 9.90. The molecular formula is C11H16O4Si. The Morgan fingerprint density at radius 2 is 1.75 bits per heavy atom. The fourth-order valence-electron chi connectivity index (χ4n) is 1.23. The highest BCUT2D eigenvalue weighted by Crippen LogP contribution is 2.25. The number of benzene rings is 1. The van der Waals surface area contributed by atoms with E-state index in [1.807, 2.05) is 19.6 Å². The molecule has 0 fully saturated rings. The van der Waals surface area contributed by atoms with Crippen molar-refractivity contribution < 1.29 is 19.1 Å². The third kappa shape index (κ3) is 3.58. The summed E-state index contributed by atoms with van der Waals surface area (Å²) in [7, 11) is -0.241. The van der Waals surface area contributed by atoms with Crippen LogP contribution in [0, 0.1) is 0 Å². The van der Waals surface area contributed by atoms with Crippen LogP contribution in [0.4, 0.5) is 0 Å². The summed E-state index contributed by atoms with van der Waals surface area (Å²) in [5.74, 6) is 0.0587. The van der Waals surface area contributed by atoms with E-state index in [0.29, 0.717) is 11.5 Å². The number of hydrogen-bond donors (Lipinski definition) is 1. The lowest BCUT2D eigenvalue weighted by atomic mass is 10.2. The van der Waals surface area contributed by atoms with Crippen molar-refractivity contribution in [2.24, 2.45) is 0 Å². The maximum atomic E-state index is 10.9. The zero-order chi connectivity index (χ0) is 12.3. The molecule has 5 heteroatoms. The van der Waals surface area contributed by atoms with Crippen LogP contribution in [0.3, 0.4) is 0 Å². The minimum atomic E-state index is -1.74. The first kappa shape index (κ1) is 12.6. The van der Waals surface area contributed by atoms with Crippen molar-refractivity contribution in [1.82, 2.24) is 0 Å². The Balaban J connectivity index is 3.09. The van der Waals surface area contributed by atoms with Gasteiger partial charge < -0.3 is 14.3 Å². The molecule has 0 amide bonds. The number of carboxylic acids is 1. The predicted molar refractivity (Wildman–Crippen MR) is 63.9 cm³/mol. The maximum Gasteiger partial charge on any atom is 0.335 e. The predicted octanol–water partition coefficient (Wildman–Crippen LogP) is 2.61. The second-order valence-electron chi connectivity index (χ2n) is 4.42. The summed E-state index contributed by atoms with van der Waals surface area (Å²) in [6.07, 6.45) is 0. The summed E-state index contributed by atoms with van der Waals surface area (Å²) in [5.41, 5.74) is 0.174. The molecular weight excluding hydrogens is 224 g/mol. The second kappa shape index (κ2) is 4.57. The lowest BCUT2D eigenvalue weighted by Crippen LogP contribution is -2.29. The van der Waals surface area contributed by atoms with Crippen LogP contribution in [0.25, 0.3) is 0 Å². The van der Waals surface area contributed by atoms with Gasteiger partial charge in [-0.3, -0.25) is 0 Å². The van der Waals surface area contributed by atoms with Gasteiger partial charge in [0, 0.05) is 6.07 Å². The average molecular weight is 240 g/mol. The van der Waals surface area contributed by atoms with Crippen LogP contribution in [0.15, 0.2) is 18.2 Å². The quantitative estimate of drug-likeness (QED) is 0.822. The number of ether oxygens (including phenoxy) is 1. The average Bonchev–Trinajstić information content (AvgIpc) is 2.14. The van der Waals surface area contributed by atoms with Crippen molar-refractivity contribution in [3.05, 3.63) is 23.8 Å². The number of hydrogen-bond acceptors (Lipinski definition) is 3. The van der Waals surface area contributed by atoms with Gasteiger partial charge in [0.25, 0.3) is 0 Å². The van der Waals surface area contributed by atoms with Crippen LogP contribution >= 0.6 is 0 Å². The summed E-state index contributed by atoms with van der Waals surface area (Å²) >= 11 is 0. The Bertz CT molecular complexity index is 395. The molecule has 0 spiro atoms. The van der Waals surface area contributed by atoms with E-state index >= 15 is 0 Å². The van der Waals surface area contributed by atoms with Gasteiger partial charge in [0.1, 0.15) is 11.5 Å². The Kier molecular flexibility index (Phi) is 3.59. The molecule has 88 valence electrons. The molecule has 1 N–H and O–H groups in total. The van der Waals surface area contributed by atoms with Crippen LogP contribution in [-0.2, 0) is 0 Å². The topological polar surface area (TPSA) is 55.8 Å². The van der Waals surface area contributed by atoms with Crippen molar-refractivity contribution in [1.29, 1.82) is 0 Å². The highest BCUT2D eigenvalue weighted by atomic mass is 28.4. The van der Waals surface area contributed by atoms with Crippen LogP contribution < -0.4 is 9.16 Å². The fourth-order valence-corrected chi connectivity index (χ4v) is 2.05. The van der Waals surface area contributed by atoms with Crippen LogP contribution in [-0.4, -0.2) is 26.5 Å². The molecule has 0 unspecified atom stereocenters. The van der Waals surface area contributed by atoms with E-state index in [1.165, 1.54) is 19.2 Å². The molecule has 0 aliphatic rings. The molecule has 1 aromatic carbocycles. The van der Waals surface area contributed by atoms with E-state index in [0.717, 1.165) is 0 Å². The molecule has 4 nitrogen and oxygen atoms in total. The molecule has 0 aromatic heterocycles. The van der Waals surface area contributed by atoms with Gasteiger partial charge in [-0.1, -0.05) is 0 Å². The minimum absolute atomic E-state index is 0.174. The van der Waals surface area contributed by atoms with Crippen molar-refractivity contribution in [2.45, 2.75) is 19.6 Å². The summed E-state index contributed by atoms with van der Waals surface area (Å²) in [6.45, 7) is 6.10. The van der Waals surface area contributed by atoms with E-state index in [-0.39, 0.29) is 5.56 Å². The molecule has 1 aromatic rings. The van der Waals surface area contributed by atoms with Gasteiger partial charge in [0.2, 0.25) is 8.32 Å². The van der Waals surface area contributed by atoms with Gasteiger partial charge in [0.15, 0.2) is 0 Å². The second-order valence-corrected chi connectivity index (χ2v) is 8.85. The zero-order valence-corrected chi connectivity index (χ0v) is 10.9. The van der Waals surface area contributed by atoms with Crippen molar-refractivity contribution >= 4 is 14.3 Å². The van der Waals surface area contributed by atoms with Crippen molar-refractivity contribution in [2.75, 3.05) is 7.11 Å². The monoisotopic (exact) mass is 240 g/mol. The molecule has 0 heterocycles. The van der Waals surface area contributed by atoms with E-state index in [9.17, 15) is 4.79 Å². The highest BCUT2D eigenvalue weighted by molar-refractivity contribution is 6.70. The third-order valence-electron chi connectivity index (χ3n) is 1.79. The molecule has 0 radical (unpaired) electrons. The molecule has 16 heavy (non-hydrogen) atoms. The Morgan fingerprint density at radius 1 is 1.19 bits per heavy atom. The third-order valence-corrected chi connectivity index (χ3v) is 2.63. The highest BCUT2D eigenvalue weighted by Gasteiger charge is 2.18. The number of carbonyl (C=O) groups is 1. The van der Waals surface area contributed by atoms with E-state index in [2.05, 4.69) is 0 Å². The van der Waals surface area contributed by atoms with Gasteiger partial charge in [-0.2, -0.15) is 0 Å². The number of carboxylic acid groups (broad SMARTS) is 1. The standard InChI is InChI=1S/C11H16O4Si/c1-14-9-5-8(11(12)13)6-10(7-9)15-16(2,3)4/h5-7H,1-4H3,(H,12,13). The summed E-state index contributed by atoms with van der Waals surface area (Å²) in [5, 5.41) is 8.93. The van der Waals surface area contributed by atoms with Gasteiger partial charge in [-0.05, 0) is 31.8 Å². The van der Waals surface area contributed by atoms with E-state index < -0.39 is 14.3 Å². The van der Waals surface area contributed by atoms with E-state index in [4.69, 9.17) is 14.3 Å². The number of methoxy groups -OCH3 is 1. The van der Waals surface area contributed by atoms with Gasteiger partial charge >= 0.3 is 5.97 Å². The fraction of sp³-hybridized carbons (Fsp3) is 0.364. The first-order valence-electron chi connectivity index (χ1n) is 4.93. The lowest BCUT2D eigenvalue weighted by molar-refractivity contribution is 0.0696. The molecule has 0 saturated carbocycles. The van der Waals surface area contributed by atoms with Crippen LogP contribution in [0.1, 0.15) is 10.4 Å². The van der Waals surface area contributed by atoms with Gasteiger partial charge in [-0.25, -0.2) is 4.79 Å². The smallest absolute Gasteiger partial charge is 0.335 e. The molecule has 0 saturated heterocycles. The Morgan fingerprint density at radius 3 is 2.19 bits per heavy atom. The SMILES string of the molecule is COc1cc(O[Si](C)(C)C)cc(C(=O)O)c1. The first-order valence-corrected chi connectivity index (χ1v) is 8.34. The first-order chi connectivity index (χ1) is 7.31. The molecule has 0 aliphatic carbocycles.